The van der Waals surface area contributed by atoms with Crippen LogP contribution in [-0.2, 0) is 11.2 Å². The van der Waals surface area contributed by atoms with Crippen molar-refractivity contribution in [3.05, 3.63) is 35.4 Å². The first-order valence-electron chi connectivity index (χ1n) is 5.96. The number of ether oxygens (including phenoxy) is 1. The number of hydrogen-bond donors (Lipinski definition) is 3. The van der Waals surface area contributed by atoms with Gasteiger partial charge in [0.05, 0.1) is 12.2 Å². The van der Waals surface area contributed by atoms with Crippen molar-refractivity contribution in [1.82, 2.24) is 10.6 Å². The number of amides is 2. The Kier molecular flexibility index (Phi) is 6.38. The van der Waals surface area contributed by atoms with Gasteiger partial charge in [0.2, 0.25) is 0 Å². The lowest BCUT2D eigenvalue weighted by Crippen LogP contribution is -2.38. The topological polar surface area (TPSA) is 87.7 Å². The lowest BCUT2D eigenvalue weighted by molar-refractivity contribution is 0.0697. The first-order chi connectivity index (χ1) is 9.13. The molecular weight excluding hydrogens is 248 g/mol. The molecule has 1 rings (SSSR count). The fraction of sp³-hybridized carbons (Fsp3) is 0.385. The lowest BCUT2D eigenvalue weighted by Gasteiger charge is -2.07. The zero-order valence-electron chi connectivity index (χ0n) is 10.8. The van der Waals surface area contributed by atoms with Gasteiger partial charge in [-0.3, -0.25) is 0 Å². The van der Waals surface area contributed by atoms with E-state index in [0.717, 1.165) is 5.56 Å². The number of carboxylic acids is 1. The molecule has 3 N–H and O–H groups in total. The van der Waals surface area contributed by atoms with Crippen LogP contribution in [0.4, 0.5) is 4.79 Å². The fourth-order valence-corrected chi connectivity index (χ4v) is 1.46. The van der Waals surface area contributed by atoms with Gasteiger partial charge in [0, 0.05) is 20.2 Å². The summed E-state index contributed by atoms with van der Waals surface area (Å²) in [5, 5.41) is 14.1. The van der Waals surface area contributed by atoms with Crippen molar-refractivity contribution < 1.29 is 19.4 Å². The minimum absolute atomic E-state index is 0.237. The van der Waals surface area contributed by atoms with Crippen LogP contribution in [-0.4, -0.2) is 43.9 Å². The summed E-state index contributed by atoms with van der Waals surface area (Å²) in [6.07, 6.45) is 0.650. The highest BCUT2D eigenvalue weighted by atomic mass is 16.5. The lowest BCUT2D eigenvalue weighted by atomic mass is 10.1. The molecule has 0 fully saturated rings. The monoisotopic (exact) mass is 266 g/mol. The summed E-state index contributed by atoms with van der Waals surface area (Å²) < 4.78 is 4.81. The second kappa shape index (κ2) is 8.10. The second-order valence-electron chi connectivity index (χ2n) is 3.93. The van der Waals surface area contributed by atoms with Crippen LogP contribution in [0, 0.1) is 0 Å². The number of nitrogens with one attached hydrogen (secondary N) is 2. The third-order valence-corrected chi connectivity index (χ3v) is 2.49. The van der Waals surface area contributed by atoms with Crippen LogP contribution in [0.1, 0.15) is 15.9 Å². The molecule has 0 aromatic heterocycles. The molecule has 1 aromatic carbocycles. The Morgan fingerprint density at radius 2 is 1.79 bits per heavy atom. The average molecular weight is 266 g/mol. The van der Waals surface area contributed by atoms with E-state index in [1.165, 1.54) is 0 Å². The van der Waals surface area contributed by atoms with Gasteiger partial charge in [0.1, 0.15) is 0 Å². The normalized spacial score (nSPS) is 9.95. The molecule has 0 unspecified atom stereocenters. The molecule has 0 heterocycles. The zero-order chi connectivity index (χ0) is 14.1. The van der Waals surface area contributed by atoms with Crippen molar-refractivity contribution in [3.63, 3.8) is 0 Å². The molecule has 0 aliphatic carbocycles. The zero-order valence-corrected chi connectivity index (χ0v) is 10.8. The van der Waals surface area contributed by atoms with Gasteiger partial charge in [0.25, 0.3) is 0 Å². The van der Waals surface area contributed by atoms with Crippen molar-refractivity contribution in [2.75, 3.05) is 26.8 Å². The maximum atomic E-state index is 11.3. The van der Waals surface area contributed by atoms with Gasteiger partial charge in [0.15, 0.2) is 0 Å². The van der Waals surface area contributed by atoms with E-state index in [2.05, 4.69) is 10.6 Å². The van der Waals surface area contributed by atoms with E-state index in [9.17, 15) is 9.59 Å². The van der Waals surface area contributed by atoms with E-state index in [0.29, 0.717) is 26.1 Å². The standard InChI is InChI=1S/C13H18N2O4/c1-19-9-8-15-13(18)14-7-6-10-2-4-11(5-3-10)12(16)17/h2-5H,6-9H2,1H3,(H,16,17)(H2,14,15,18). The minimum atomic E-state index is -0.942. The number of benzene rings is 1. The number of carbonyl (C=O) groups is 2. The van der Waals surface area contributed by atoms with Gasteiger partial charge in [-0.2, -0.15) is 0 Å². The van der Waals surface area contributed by atoms with Crippen molar-refractivity contribution >= 4 is 12.0 Å². The summed E-state index contributed by atoms with van der Waals surface area (Å²) in [7, 11) is 1.57. The summed E-state index contributed by atoms with van der Waals surface area (Å²) in [4.78, 5) is 22.0. The van der Waals surface area contributed by atoms with Crippen LogP contribution in [0.3, 0.4) is 0 Å². The van der Waals surface area contributed by atoms with Crippen LogP contribution in [0.2, 0.25) is 0 Å². The molecule has 0 aliphatic heterocycles. The predicted octanol–water partition coefficient (Wildman–Crippen LogP) is 0.873. The number of urea groups is 1. The first kappa shape index (κ1) is 15.0. The molecule has 0 saturated carbocycles. The van der Waals surface area contributed by atoms with Crippen LogP contribution < -0.4 is 10.6 Å². The third kappa shape index (κ3) is 5.87. The number of carboxylic acid groups (broad SMARTS) is 1. The molecule has 0 radical (unpaired) electrons. The highest BCUT2D eigenvalue weighted by Gasteiger charge is 2.02. The summed E-state index contributed by atoms with van der Waals surface area (Å²) in [5.41, 5.74) is 1.23. The number of aromatic carboxylic acids is 1. The largest absolute Gasteiger partial charge is 0.478 e. The van der Waals surface area contributed by atoms with E-state index in [4.69, 9.17) is 9.84 Å². The predicted molar refractivity (Wildman–Crippen MR) is 70.4 cm³/mol. The molecule has 6 nitrogen and oxygen atoms in total. The van der Waals surface area contributed by atoms with E-state index >= 15 is 0 Å². The molecule has 1 aromatic rings. The molecule has 104 valence electrons. The van der Waals surface area contributed by atoms with Gasteiger partial charge in [-0.1, -0.05) is 12.1 Å². The Balaban J connectivity index is 2.25. The Hall–Kier alpha value is -2.08. The van der Waals surface area contributed by atoms with Gasteiger partial charge in [-0.05, 0) is 24.1 Å². The molecule has 19 heavy (non-hydrogen) atoms. The molecule has 0 saturated heterocycles. The average Bonchev–Trinajstić information content (AvgIpc) is 2.39. The van der Waals surface area contributed by atoms with Crippen molar-refractivity contribution in [2.45, 2.75) is 6.42 Å². The SMILES string of the molecule is COCCNC(=O)NCCc1ccc(C(=O)O)cc1. The Morgan fingerprint density at radius 3 is 2.37 bits per heavy atom. The Labute approximate surface area is 111 Å². The third-order valence-electron chi connectivity index (χ3n) is 2.49. The molecule has 0 atom stereocenters. The van der Waals surface area contributed by atoms with E-state index in [1.807, 2.05) is 0 Å². The van der Waals surface area contributed by atoms with Gasteiger partial charge in [-0.15, -0.1) is 0 Å². The van der Waals surface area contributed by atoms with Crippen molar-refractivity contribution in [2.24, 2.45) is 0 Å². The van der Waals surface area contributed by atoms with Crippen molar-refractivity contribution in [1.29, 1.82) is 0 Å². The summed E-state index contributed by atoms with van der Waals surface area (Å²) in [6, 6.07) is 6.35. The Morgan fingerprint density at radius 1 is 1.16 bits per heavy atom. The smallest absolute Gasteiger partial charge is 0.335 e. The van der Waals surface area contributed by atoms with Crippen LogP contribution >= 0.6 is 0 Å². The summed E-state index contributed by atoms with van der Waals surface area (Å²) >= 11 is 0. The molecule has 0 aliphatic rings. The molecular formula is C13H18N2O4. The van der Waals surface area contributed by atoms with Crippen molar-refractivity contribution in [3.8, 4) is 0 Å². The van der Waals surface area contributed by atoms with E-state index in [1.54, 1.807) is 31.4 Å². The summed E-state index contributed by atoms with van der Waals surface area (Å²) in [5.74, 6) is -0.942. The summed E-state index contributed by atoms with van der Waals surface area (Å²) in [6.45, 7) is 1.44. The quantitative estimate of drug-likeness (QED) is 0.639. The van der Waals surface area contributed by atoms with Crippen LogP contribution in [0.15, 0.2) is 24.3 Å². The second-order valence-corrected chi connectivity index (χ2v) is 3.93. The fourth-order valence-electron chi connectivity index (χ4n) is 1.46. The highest BCUT2D eigenvalue weighted by Crippen LogP contribution is 2.04. The van der Waals surface area contributed by atoms with Gasteiger partial charge >= 0.3 is 12.0 Å². The first-order valence-corrected chi connectivity index (χ1v) is 5.96. The maximum absolute atomic E-state index is 11.3. The maximum Gasteiger partial charge on any atom is 0.335 e. The van der Waals surface area contributed by atoms with Crippen LogP contribution in [0.5, 0.6) is 0 Å². The van der Waals surface area contributed by atoms with Crippen LogP contribution in [0.25, 0.3) is 0 Å². The number of hydrogen-bond acceptors (Lipinski definition) is 3. The molecule has 0 bridgehead atoms. The number of rotatable bonds is 7. The highest BCUT2D eigenvalue weighted by molar-refractivity contribution is 5.87. The van der Waals surface area contributed by atoms with Gasteiger partial charge < -0.3 is 20.5 Å². The number of carbonyl (C=O) groups excluding carboxylic acids is 1. The van der Waals surface area contributed by atoms with Gasteiger partial charge in [-0.25, -0.2) is 9.59 Å². The molecule has 2 amide bonds. The Bertz CT molecular complexity index is 417. The number of methoxy groups -OCH3 is 1. The molecule has 6 heteroatoms. The molecule has 0 spiro atoms. The van der Waals surface area contributed by atoms with E-state index < -0.39 is 5.97 Å². The van der Waals surface area contributed by atoms with E-state index in [-0.39, 0.29) is 11.6 Å². The minimum Gasteiger partial charge on any atom is -0.478 e.